The lowest BCUT2D eigenvalue weighted by atomic mass is 10.2. The molecule has 0 spiro atoms. The van der Waals surface area contributed by atoms with Crippen LogP contribution in [0.3, 0.4) is 0 Å². The molecule has 7 heteroatoms. The smallest absolute Gasteiger partial charge is 0.335 e. The highest BCUT2D eigenvalue weighted by molar-refractivity contribution is 5.88. The van der Waals surface area contributed by atoms with E-state index in [9.17, 15) is 9.18 Å². The predicted molar refractivity (Wildman–Crippen MR) is 75.7 cm³/mol. The van der Waals surface area contributed by atoms with Gasteiger partial charge in [0.05, 0.1) is 12.1 Å². The van der Waals surface area contributed by atoms with Gasteiger partial charge in [0.1, 0.15) is 17.8 Å². The summed E-state index contributed by atoms with van der Waals surface area (Å²) in [6, 6.07) is 8.99. The molecule has 2 heterocycles. The Kier molecular flexibility index (Phi) is 3.61. The first-order valence-electron chi connectivity index (χ1n) is 6.45. The molecule has 0 fully saturated rings. The number of rotatable bonds is 4. The average molecular weight is 298 g/mol. The van der Waals surface area contributed by atoms with Gasteiger partial charge in [0.2, 0.25) is 0 Å². The maximum absolute atomic E-state index is 13.2. The van der Waals surface area contributed by atoms with Gasteiger partial charge < -0.3 is 5.11 Å². The molecule has 2 aromatic heterocycles. The highest BCUT2D eigenvalue weighted by Gasteiger charge is 2.12. The van der Waals surface area contributed by atoms with E-state index in [-0.39, 0.29) is 11.4 Å². The molecule has 0 aliphatic carbocycles. The molecule has 110 valence electrons. The minimum Gasteiger partial charge on any atom is -0.478 e. The molecule has 0 bridgehead atoms. The molecule has 0 atom stereocenters. The fourth-order valence-corrected chi connectivity index (χ4v) is 2.07. The van der Waals surface area contributed by atoms with Gasteiger partial charge >= 0.3 is 5.97 Å². The summed E-state index contributed by atoms with van der Waals surface area (Å²) in [5, 5.41) is 13.1. The Labute approximate surface area is 124 Å². The molecule has 0 unspecified atom stereocenters. The molecule has 0 amide bonds. The molecule has 3 aromatic rings. The second kappa shape index (κ2) is 5.72. The van der Waals surface area contributed by atoms with Gasteiger partial charge in [-0.15, -0.1) is 0 Å². The van der Waals surface area contributed by atoms with Crippen LogP contribution in [0.15, 0.2) is 48.9 Å². The molecule has 0 aliphatic rings. The summed E-state index contributed by atoms with van der Waals surface area (Å²) in [5.41, 5.74) is 1.24. The molecule has 22 heavy (non-hydrogen) atoms. The van der Waals surface area contributed by atoms with E-state index in [1.165, 1.54) is 36.8 Å². The number of aromatic carboxylic acids is 1. The van der Waals surface area contributed by atoms with Gasteiger partial charge in [-0.1, -0.05) is 12.1 Å². The third-order valence-corrected chi connectivity index (χ3v) is 3.07. The van der Waals surface area contributed by atoms with Crippen molar-refractivity contribution >= 4 is 5.97 Å². The van der Waals surface area contributed by atoms with Crippen molar-refractivity contribution in [2.45, 2.75) is 6.54 Å². The monoisotopic (exact) mass is 298 g/mol. The van der Waals surface area contributed by atoms with Gasteiger partial charge in [-0.2, -0.15) is 5.10 Å². The third kappa shape index (κ3) is 2.83. The van der Waals surface area contributed by atoms with Crippen molar-refractivity contribution in [3.8, 4) is 11.5 Å². The Morgan fingerprint density at radius 3 is 2.86 bits per heavy atom. The number of hydrogen-bond acceptors (Lipinski definition) is 4. The van der Waals surface area contributed by atoms with Crippen LogP contribution in [0.1, 0.15) is 15.9 Å². The third-order valence-electron chi connectivity index (χ3n) is 3.07. The van der Waals surface area contributed by atoms with E-state index in [1.807, 2.05) is 0 Å². The average Bonchev–Trinajstić information content (AvgIpc) is 2.95. The van der Waals surface area contributed by atoms with E-state index < -0.39 is 5.97 Å². The predicted octanol–water partition coefficient (Wildman–Crippen LogP) is 2.23. The summed E-state index contributed by atoms with van der Waals surface area (Å²) in [6.07, 6.45) is 2.75. The van der Waals surface area contributed by atoms with Crippen molar-refractivity contribution in [3.05, 3.63) is 65.9 Å². The topological polar surface area (TPSA) is 80.9 Å². The van der Waals surface area contributed by atoms with Gasteiger partial charge in [0, 0.05) is 6.20 Å². The van der Waals surface area contributed by atoms with Crippen LogP contribution in [0.4, 0.5) is 4.39 Å². The molecule has 0 saturated heterocycles. The van der Waals surface area contributed by atoms with Crippen LogP contribution in [0.5, 0.6) is 0 Å². The second-order valence-electron chi connectivity index (χ2n) is 4.61. The van der Waals surface area contributed by atoms with Crippen LogP contribution in [0.25, 0.3) is 11.5 Å². The van der Waals surface area contributed by atoms with Crippen molar-refractivity contribution < 1.29 is 14.3 Å². The molecule has 3 rings (SSSR count). The number of carbonyl (C=O) groups is 1. The molecule has 0 saturated carbocycles. The normalized spacial score (nSPS) is 10.6. The van der Waals surface area contributed by atoms with Crippen LogP contribution in [0.2, 0.25) is 0 Å². The fraction of sp³-hybridized carbons (Fsp3) is 0.0667. The summed E-state index contributed by atoms with van der Waals surface area (Å²) >= 11 is 0. The minimum atomic E-state index is -1.04. The molecule has 6 nitrogen and oxygen atoms in total. The lowest BCUT2D eigenvalue weighted by molar-refractivity contribution is 0.0697. The van der Waals surface area contributed by atoms with Gasteiger partial charge in [-0.25, -0.2) is 18.9 Å². The van der Waals surface area contributed by atoms with Gasteiger partial charge in [0.25, 0.3) is 0 Å². The number of carboxylic acid groups (broad SMARTS) is 1. The molecule has 1 N–H and O–H groups in total. The fourth-order valence-electron chi connectivity index (χ4n) is 2.07. The lowest BCUT2D eigenvalue weighted by Gasteiger charge is -2.06. The first kappa shape index (κ1) is 13.9. The number of hydrogen-bond donors (Lipinski definition) is 1. The highest BCUT2D eigenvalue weighted by atomic mass is 19.1. The zero-order valence-corrected chi connectivity index (χ0v) is 11.3. The zero-order valence-electron chi connectivity index (χ0n) is 11.3. The Hall–Kier alpha value is -3.09. The van der Waals surface area contributed by atoms with Crippen LogP contribution in [-0.4, -0.2) is 30.8 Å². The summed E-state index contributed by atoms with van der Waals surface area (Å²) in [6.45, 7) is 0.312. The first-order valence-corrected chi connectivity index (χ1v) is 6.45. The van der Waals surface area contributed by atoms with Crippen molar-refractivity contribution in [2.75, 3.05) is 0 Å². The van der Waals surface area contributed by atoms with Crippen LogP contribution in [0, 0.1) is 5.82 Å². The molecule has 0 radical (unpaired) electrons. The van der Waals surface area contributed by atoms with E-state index >= 15 is 0 Å². The summed E-state index contributed by atoms with van der Waals surface area (Å²) in [4.78, 5) is 19.3. The Morgan fingerprint density at radius 1 is 1.23 bits per heavy atom. The number of carboxylic acids is 1. The van der Waals surface area contributed by atoms with Crippen molar-refractivity contribution in [3.63, 3.8) is 0 Å². The second-order valence-corrected chi connectivity index (χ2v) is 4.61. The summed E-state index contributed by atoms with van der Waals surface area (Å²) in [5.74, 6) is -0.947. The largest absolute Gasteiger partial charge is 0.478 e. The molecule has 0 aliphatic heterocycles. The molecular weight excluding hydrogens is 287 g/mol. The Balaban J connectivity index is 1.95. The number of nitrogens with zero attached hydrogens (tertiary/aromatic N) is 4. The van der Waals surface area contributed by atoms with Crippen molar-refractivity contribution in [2.24, 2.45) is 0 Å². The van der Waals surface area contributed by atoms with Gasteiger partial charge in [0.15, 0.2) is 5.82 Å². The Bertz CT molecular complexity index is 832. The quantitative estimate of drug-likeness (QED) is 0.798. The van der Waals surface area contributed by atoms with Gasteiger partial charge in [-0.05, 0) is 29.8 Å². The zero-order chi connectivity index (χ0) is 15.5. The number of halogens is 1. The van der Waals surface area contributed by atoms with E-state index in [1.54, 1.807) is 16.8 Å². The van der Waals surface area contributed by atoms with Crippen molar-refractivity contribution in [1.82, 2.24) is 19.7 Å². The highest BCUT2D eigenvalue weighted by Crippen LogP contribution is 2.16. The van der Waals surface area contributed by atoms with E-state index in [2.05, 4.69) is 15.1 Å². The van der Waals surface area contributed by atoms with Crippen molar-refractivity contribution in [1.29, 1.82) is 0 Å². The molecular formula is C15H11FN4O2. The summed E-state index contributed by atoms with van der Waals surface area (Å²) < 4.78 is 14.8. The van der Waals surface area contributed by atoms with Crippen LogP contribution in [-0.2, 0) is 6.54 Å². The Morgan fingerprint density at radius 2 is 2.09 bits per heavy atom. The maximum atomic E-state index is 13.2. The lowest BCUT2D eigenvalue weighted by Crippen LogP contribution is -2.06. The SMILES string of the molecule is O=C(O)c1ccnc(-c2ncnn2Cc2cccc(F)c2)c1. The van der Waals surface area contributed by atoms with Crippen LogP contribution < -0.4 is 0 Å². The van der Waals surface area contributed by atoms with E-state index in [0.717, 1.165) is 5.56 Å². The van der Waals surface area contributed by atoms with Crippen LogP contribution >= 0.6 is 0 Å². The van der Waals surface area contributed by atoms with Gasteiger partial charge in [-0.3, -0.25) is 4.98 Å². The number of aromatic nitrogens is 4. The van der Waals surface area contributed by atoms with E-state index in [4.69, 9.17) is 5.11 Å². The minimum absolute atomic E-state index is 0.116. The summed E-state index contributed by atoms with van der Waals surface area (Å²) in [7, 11) is 0. The maximum Gasteiger partial charge on any atom is 0.335 e. The van der Waals surface area contributed by atoms with E-state index in [0.29, 0.717) is 18.1 Å². The first-order chi connectivity index (χ1) is 10.6. The number of benzene rings is 1. The number of pyridine rings is 1. The standard InChI is InChI=1S/C15H11FN4O2/c16-12-3-1-2-10(6-12)8-20-14(18-9-19-20)13-7-11(15(21)22)4-5-17-13/h1-7,9H,8H2,(H,21,22). The molecule has 1 aromatic carbocycles.